The standard InChI is InChI=1S/C19H27N5OS/c1-19(2,3)15-10-16(25)24(12-20-15)11-13-6-8-23(9-7-13)18-21-17(22-26-18)14-4-5-14/h10,12-14H,4-9,11H2,1-3H3. The van der Waals surface area contributed by atoms with Crippen molar-refractivity contribution in [1.82, 2.24) is 18.9 Å². The van der Waals surface area contributed by atoms with E-state index in [-0.39, 0.29) is 11.0 Å². The molecule has 1 aliphatic carbocycles. The molecule has 1 aliphatic heterocycles. The lowest BCUT2D eigenvalue weighted by atomic mass is 9.92. The van der Waals surface area contributed by atoms with Crippen LogP contribution in [0.3, 0.4) is 0 Å². The summed E-state index contributed by atoms with van der Waals surface area (Å²) in [6.45, 7) is 8.98. The summed E-state index contributed by atoms with van der Waals surface area (Å²) in [6.07, 6.45) is 6.36. The first-order valence-corrected chi connectivity index (χ1v) is 10.3. The fraction of sp³-hybridized carbons (Fsp3) is 0.684. The zero-order chi connectivity index (χ0) is 18.3. The van der Waals surface area contributed by atoms with Crippen LogP contribution in [-0.2, 0) is 12.0 Å². The zero-order valence-electron chi connectivity index (χ0n) is 15.8. The molecule has 26 heavy (non-hydrogen) atoms. The first kappa shape index (κ1) is 17.6. The maximum Gasteiger partial charge on any atom is 0.253 e. The highest BCUT2D eigenvalue weighted by Crippen LogP contribution is 2.40. The van der Waals surface area contributed by atoms with E-state index in [0.717, 1.165) is 49.1 Å². The Kier molecular flexibility index (Phi) is 4.59. The maximum absolute atomic E-state index is 12.4. The summed E-state index contributed by atoms with van der Waals surface area (Å²) in [4.78, 5) is 24.0. The largest absolute Gasteiger partial charge is 0.347 e. The minimum absolute atomic E-state index is 0.0607. The predicted molar refractivity (Wildman–Crippen MR) is 104 cm³/mol. The smallest absolute Gasteiger partial charge is 0.253 e. The molecule has 0 aromatic carbocycles. The minimum atomic E-state index is -0.0926. The molecule has 2 aliphatic rings. The van der Waals surface area contributed by atoms with Crippen LogP contribution in [0.4, 0.5) is 5.13 Å². The van der Waals surface area contributed by atoms with Gasteiger partial charge in [0.25, 0.3) is 5.56 Å². The fourth-order valence-electron chi connectivity index (χ4n) is 3.42. The van der Waals surface area contributed by atoms with Crippen LogP contribution in [0, 0.1) is 5.92 Å². The van der Waals surface area contributed by atoms with Gasteiger partial charge >= 0.3 is 0 Å². The van der Waals surface area contributed by atoms with E-state index in [1.807, 2.05) is 0 Å². The number of hydrogen-bond donors (Lipinski definition) is 0. The molecule has 0 amide bonds. The van der Waals surface area contributed by atoms with Crippen LogP contribution in [0.1, 0.15) is 63.9 Å². The number of nitrogens with zero attached hydrogens (tertiary/aromatic N) is 5. The molecule has 7 heteroatoms. The lowest BCUT2D eigenvalue weighted by Gasteiger charge is -2.31. The summed E-state index contributed by atoms with van der Waals surface area (Å²) < 4.78 is 6.28. The predicted octanol–water partition coefficient (Wildman–Crippen LogP) is 3.19. The fourth-order valence-corrected chi connectivity index (χ4v) is 4.22. The Labute approximate surface area is 158 Å². The van der Waals surface area contributed by atoms with E-state index in [9.17, 15) is 4.79 Å². The SMILES string of the molecule is CC(C)(C)c1cc(=O)n(CC2CCN(c3nc(C4CC4)ns3)CC2)cn1. The summed E-state index contributed by atoms with van der Waals surface area (Å²) in [5.74, 6) is 2.18. The van der Waals surface area contributed by atoms with E-state index in [0.29, 0.717) is 11.8 Å². The van der Waals surface area contributed by atoms with Crippen molar-refractivity contribution >= 4 is 16.7 Å². The number of anilines is 1. The van der Waals surface area contributed by atoms with Crippen molar-refractivity contribution in [1.29, 1.82) is 0 Å². The van der Waals surface area contributed by atoms with Gasteiger partial charge in [-0.05, 0) is 31.6 Å². The van der Waals surface area contributed by atoms with E-state index in [1.54, 1.807) is 17.0 Å². The third-order valence-electron chi connectivity index (χ3n) is 5.36. The second-order valence-corrected chi connectivity index (χ2v) is 9.38. The van der Waals surface area contributed by atoms with Crippen LogP contribution in [-0.4, -0.2) is 32.0 Å². The van der Waals surface area contributed by atoms with Crippen molar-refractivity contribution in [2.45, 2.75) is 64.3 Å². The van der Waals surface area contributed by atoms with E-state index < -0.39 is 0 Å². The molecule has 1 saturated heterocycles. The monoisotopic (exact) mass is 373 g/mol. The summed E-state index contributed by atoms with van der Waals surface area (Å²) in [6, 6.07) is 1.69. The van der Waals surface area contributed by atoms with Crippen LogP contribution in [0.25, 0.3) is 0 Å². The van der Waals surface area contributed by atoms with Crippen molar-refractivity contribution in [3.63, 3.8) is 0 Å². The van der Waals surface area contributed by atoms with Crippen LogP contribution in [0.2, 0.25) is 0 Å². The average molecular weight is 374 g/mol. The Morgan fingerprint density at radius 3 is 2.54 bits per heavy atom. The second kappa shape index (κ2) is 6.76. The molecule has 3 heterocycles. The van der Waals surface area contributed by atoms with Crippen molar-refractivity contribution in [3.05, 3.63) is 34.3 Å². The summed E-state index contributed by atoms with van der Waals surface area (Å²) >= 11 is 1.54. The molecule has 1 saturated carbocycles. The van der Waals surface area contributed by atoms with Gasteiger partial charge < -0.3 is 4.90 Å². The topological polar surface area (TPSA) is 63.9 Å². The van der Waals surface area contributed by atoms with Gasteiger partial charge in [-0.1, -0.05) is 20.8 Å². The maximum atomic E-state index is 12.4. The molecule has 6 nitrogen and oxygen atoms in total. The third-order valence-corrected chi connectivity index (χ3v) is 6.15. The Hall–Kier alpha value is -1.76. The van der Waals surface area contributed by atoms with E-state index in [2.05, 4.69) is 35.0 Å². The average Bonchev–Trinajstić information content (AvgIpc) is 3.34. The van der Waals surface area contributed by atoms with Gasteiger partial charge in [-0.3, -0.25) is 9.36 Å². The molecular weight excluding hydrogens is 346 g/mol. The van der Waals surface area contributed by atoms with Gasteiger partial charge in [-0.25, -0.2) is 9.97 Å². The van der Waals surface area contributed by atoms with Gasteiger partial charge in [-0.15, -0.1) is 0 Å². The molecule has 0 unspecified atom stereocenters. The van der Waals surface area contributed by atoms with Crippen LogP contribution < -0.4 is 10.5 Å². The van der Waals surface area contributed by atoms with Crippen molar-refractivity contribution < 1.29 is 0 Å². The van der Waals surface area contributed by atoms with Gasteiger partial charge in [0, 0.05) is 48.6 Å². The second-order valence-electron chi connectivity index (χ2n) is 8.65. The first-order chi connectivity index (χ1) is 12.4. The summed E-state index contributed by atoms with van der Waals surface area (Å²) in [7, 11) is 0. The van der Waals surface area contributed by atoms with E-state index in [4.69, 9.17) is 4.98 Å². The molecular formula is C19H27N5OS. The lowest BCUT2D eigenvalue weighted by Crippen LogP contribution is -2.36. The minimum Gasteiger partial charge on any atom is -0.347 e. The Bertz CT molecular complexity index is 825. The molecule has 0 spiro atoms. The first-order valence-electron chi connectivity index (χ1n) is 9.55. The van der Waals surface area contributed by atoms with Crippen LogP contribution >= 0.6 is 11.5 Å². The zero-order valence-corrected chi connectivity index (χ0v) is 16.6. The van der Waals surface area contributed by atoms with Crippen LogP contribution in [0.15, 0.2) is 17.2 Å². The van der Waals surface area contributed by atoms with Crippen LogP contribution in [0.5, 0.6) is 0 Å². The molecule has 4 rings (SSSR count). The normalized spacial score (nSPS) is 19.1. The lowest BCUT2D eigenvalue weighted by molar-refractivity contribution is 0.350. The molecule has 0 atom stereocenters. The molecule has 2 aromatic heterocycles. The number of aromatic nitrogens is 4. The Morgan fingerprint density at radius 1 is 1.19 bits per heavy atom. The number of piperidine rings is 1. The highest BCUT2D eigenvalue weighted by atomic mass is 32.1. The van der Waals surface area contributed by atoms with Gasteiger partial charge in [0.05, 0.1) is 12.0 Å². The molecule has 0 radical (unpaired) electrons. The highest BCUT2D eigenvalue weighted by Gasteiger charge is 2.29. The third kappa shape index (κ3) is 3.82. The van der Waals surface area contributed by atoms with E-state index >= 15 is 0 Å². The molecule has 140 valence electrons. The van der Waals surface area contributed by atoms with Crippen molar-refractivity contribution in [2.24, 2.45) is 5.92 Å². The molecule has 0 bridgehead atoms. The van der Waals surface area contributed by atoms with Gasteiger partial charge in [0.1, 0.15) is 5.82 Å². The molecule has 0 N–H and O–H groups in total. The number of hydrogen-bond acceptors (Lipinski definition) is 6. The van der Waals surface area contributed by atoms with Crippen molar-refractivity contribution in [2.75, 3.05) is 18.0 Å². The number of rotatable bonds is 4. The van der Waals surface area contributed by atoms with Gasteiger partial charge in [0.15, 0.2) is 0 Å². The Morgan fingerprint density at radius 2 is 1.92 bits per heavy atom. The quantitative estimate of drug-likeness (QED) is 0.823. The molecule has 2 aromatic rings. The van der Waals surface area contributed by atoms with Crippen molar-refractivity contribution in [3.8, 4) is 0 Å². The van der Waals surface area contributed by atoms with E-state index in [1.165, 1.54) is 24.4 Å². The van der Waals surface area contributed by atoms with Gasteiger partial charge in [0.2, 0.25) is 5.13 Å². The summed E-state index contributed by atoms with van der Waals surface area (Å²) in [5.41, 5.74) is 0.826. The highest BCUT2D eigenvalue weighted by molar-refractivity contribution is 7.09. The Balaban J connectivity index is 1.35. The molecule has 2 fully saturated rings. The summed E-state index contributed by atoms with van der Waals surface area (Å²) in [5, 5.41) is 1.07. The van der Waals surface area contributed by atoms with Gasteiger partial charge in [-0.2, -0.15) is 4.37 Å².